The molecule has 1 N–H and O–H groups in total. The molecule has 1 unspecified atom stereocenters. The van der Waals surface area contributed by atoms with Crippen LogP contribution >= 0.6 is 23.2 Å². The second kappa shape index (κ2) is 6.75. The molecule has 3 aromatic rings. The number of benzene rings is 2. The Morgan fingerprint density at radius 2 is 1.57 bits per heavy atom. The van der Waals surface area contributed by atoms with Crippen LogP contribution in [0.25, 0.3) is 16.9 Å². The minimum absolute atomic E-state index is 0.588. The minimum atomic E-state index is -0.588. The highest BCUT2D eigenvalue weighted by molar-refractivity contribution is 6.30. The van der Waals surface area contributed by atoms with Gasteiger partial charge in [0.05, 0.1) is 23.2 Å². The molecule has 0 amide bonds. The molecule has 0 radical (unpaired) electrons. The van der Waals surface area contributed by atoms with Crippen molar-refractivity contribution in [3.8, 4) is 16.9 Å². The molecule has 0 aliphatic carbocycles. The average Bonchev–Trinajstić information content (AvgIpc) is 3.01. The highest BCUT2D eigenvalue weighted by Gasteiger charge is 2.16. The molecule has 0 bridgehead atoms. The van der Waals surface area contributed by atoms with Gasteiger partial charge in [-0.1, -0.05) is 42.3 Å². The molecule has 0 saturated carbocycles. The third-order valence-corrected chi connectivity index (χ3v) is 4.17. The van der Waals surface area contributed by atoms with Crippen molar-refractivity contribution in [2.75, 3.05) is 0 Å². The molecule has 1 aromatic heterocycles. The SMILES string of the molecule is CCC(O)c1cc(-c2ccc(Cl)cc2)n(-c2ccc(Cl)cc2)n1. The fourth-order valence-corrected chi connectivity index (χ4v) is 2.63. The van der Waals surface area contributed by atoms with E-state index >= 15 is 0 Å². The van der Waals surface area contributed by atoms with Crippen molar-refractivity contribution in [1.29, 1.82) is 0 Å². The van der Waals surface area contributed by atoms with E-state index < -0.39 is 6.10 Å². The van der Waals surface area contributed by atoms with E-state index in [1.807, 2.05) is 66.2 Å². The fourth-order valence-electron chi connectivity index (χ4n) is 2.38. The molecule has 1 heterocycles. The van der Waals surface area contributed by atoms with E-state index in [0.717, 1.165) is 16.9 Å². The molecule has 3 nitrogen and oxygen atoms in total. The van der Waals surface area contributed by atoms with Crippen LogP contribution in [0.4, 0.5) is 0 Å². The van der Waals surface area contributed by atoms with Crippen molar-refractivity contribution in [2.24, 2.45) is 0 Å². The van der Waals surface area contributed by atoms with Gasteiger partial charge in [0.2, 0.25) is 0 Å². The highest BCUT2D eigenvalue weighted by atomic mass is 35.5. The molecule has 23 heavy (non-hydrogen) atoms. The Morgan fingerprint density at radius 3 is 2.13 bits per heavy atom. The summed E-state index contributed by atoms with van der Waals surface area (Å²) in [6.07, 6.45) is 0.0205. The van der Waals surface area contributed by atoms with Gasteiger partial charge < -0.3 is 5.11 Å². The van der Waals surface area contributed by atoms with Gasteiger partial charge in [0.1, 0.15) is 0 Å². The normalized spacial score (nSPS) is 12.3. The first-order chi connectivity index (χ1) is 11.1. The average molecular weight is 347 g/mol. The van der Waals surface area contributed by atoms with E-state index in [1.54, 1.807) is 0 Å². The Bertz CT molecular complexity index is 732. The van der Waals surface area contributed by atoms with Crippen molar-refractivity contribution in [3.05, 3.63) is 70.3 Å². The lowest BCUT2D eigenvalue weighted by molar-refractivity contribution is 0.168. The summed E-state index contributed by atoms with van der Waals surface area (Å²) in [6.45, 7) is 1.92. The number of hydrogen-bond donors (Lipinski definition) is 1. The Balaban J connectivity index is 2.14. The second-order valence-electron chi connectivity index (χ2n) is 5.27. The van der Waals surface area contributed by atoms with Gasteiger partial charge >= 0.3 is 0 Å². The first-order valence-corrected chi connectivity index (χ1v) is 8.14. The molecule has 3 rings (SSSR count). The van der Waals surface area contributed by atoms with Gasteiger partial charge in [-0.05, 0) is 48.9 Å². The van der Waals surface area contributed by atoms with Crippen LogP contribution in [-0.4, -0.2) is 14.9 Å². The predicted octanol–water partition coefficient (Wildman–Crippen LogP) is 5.29. The Labute approximate surface area is 145 Å². The van der Waals surface area contributed by atoms with Gasteiger partial charge in [-0.3, -0.25) is 0 Å². The fraction of sp³-hybridized carbons (Fsp3) is 0.167. The lowest BCUT2D eigenvalue weighted by Gasteiger charge is -2.08. The third kappa shape index (κ3) is 3.42. The number of nitrogens with zero attached hydrogens (tertiary/aromatic N) is 2. The third-order valence-electron chi connectivity index (χ3n) is 3.67. The zero-order valence-corrected chi connectivity index (χ0v) is 14.1. The van der Waals surface area contributed by atoms with Gasteiger partial charge in [0, 0.05) is 15.6 Å². The lowest BCUT2D eigenvalue weighted by Crippen LogP contribution is -2.01. The smallest absolute Gasteiger partial charge is 0.0976 e. The maximum atomic E-state index is 10.1. The molecule has 0 aliphatic heterocycles. The summed E-state index contributed by atoms with van der Waals surface area (Å²) in [4.78, 5) is 0. The maximum absolute atomic E-state index is 10.1. The van der Waals surface area contributed by atoms with Crippen LogP contribution in [-0.2, 0) is 0 Å². The minimum Gasteiger partial charge on any atom is -0.387 e. The quantitative estimate of drug-likeness (QED) is 0.696. The molecular formula is C18H16Cl2N2O. The van der Waals surface area contributed by atoms with Crippen molar-refractivity contribution < 1.29 is 5.11 Å². The number of aliphatic hydroxyl groups is 1. The summed E-state index contributed by atoms with van der Waals surface area (Å²) in [6, 6.07) is 16.9. The van der Waals surface area contributed by atoms with Gasteiger partial charge in [-0.25, -0.2) is 4.68 Å². The van der Waals surface area contributed by atoms with E-state index in [0.29, 0.717) is 22.2 Å². The molecule has 2 aromatic carbocycles. The molecule has 5 heteroatoms. The van der Waals surface area contributed by atoms with Gasteiger partial charge in [0.15, 0.2) is 0 Å². The molecule has 0 aliphatic rings. The van der Waals surface area contributed by atoms with Crippen molar-refractivity contribution >= 4 is 23.2 Å². The monoisotopic (exact) mass is 346 g/mol. The number of aromatic nitrogens is 2. The molecule has 0 fully saturated rings. The largest absolute Gasteiger partial charge is 0.387 e. The Kier molecular flexibility index (Phi) is 4.71. The first kappa shape index (κ1) is 16.1. The topological polar surface area (TPSA) is 38.0 Å². The van der Waals surface area contributed by atoms with Crippen LogP contribution in [0.3, 0.4) is 0 Å². The van der Waals surface area contributed by atoms with Crippen LogP contribution in [0.1, 0.15) is 25.1 Å². The summed E-state index contributed by atoms with van der Waals surface area (Å²) in [5.74, 6) is 0. The van der Waals surface area contributed by atoms with E-state index in [1.165, 1.54) is 0 Å². The summed E-state index contributed by atoms with van der Waals surface area (Å²) >= 11 is 11.9. The first-order valence-electron chi connectivity index (χ1n) is 7.38. The van der Waals surface area contributed by atoms with Gasteiger partial charge in [-0.15, -0.1) is 0 Å². The van der Waals surface area contributed by atoms with Crippen molar-refractivity contribution in [1.82, 2.24) is 9.78 Å². The maximum Gasteiger partial charge on any atom is 0.0976 e. The molecule has 0 saturated heterocycles. The number of aliphatic hydroxyl groups excluding tert-OH is 1. The van der Waals surface area contributed by atoms with Crippen molar-refractivity contribution in [2.45, 2.75) is 19.4 Å². The zero-order chi connectivity index (χ0) is 16.4. The van der Waals surface area contributed by atoms with Crippen LogP contribution in [0.2, 0.25) is 10.0 Å². The van der Waals surface area contributed by atoms with Crippen LogP contribution < -0.4 is 0 Å². The van der Waals surface area contributed by atoms with E-state index in [2.05, 4.69) is 5.10 Å². The molecular weight excluding hydrogens is 331 g/mol. The second-order valence-corrected chi connectivity index (χ2v) is 6.15. The predicted molar refractivity (Wildman–Crippen MR) is 94.3 cm³/mol. The summed E-state index contributed by atoms with van der Waals surface area (Å²) in [7, 11) is 0. The summed E-state index contributed by atoms with van der Waals surface area (Å²) in [5.41, 5.74) is 3.40. The Morgan fingerprint density at radius 1 is 1.00 bits per heavy atom. The summed E-state index contributed by atoms with van der Waals surface area (Å²) < 4.78 is 1.81. The van der Waals surface area contributed by atoms with E-state index in [9.17, 15) is 5.11 Å². The molecule has 0 spiro atoms. The Hall–Kier alpha value is -1.81. The number of halogens is 2. The van der Waals surface area contributed by atoms with E-state index in [4.69, 9.17) is 23.2 Å². The van der Waals surface area contributed by atoms with E-state index in [-0.39, 0.29) is 0 Å². The summed E-state index contributed by atoms with van der Waals surface area (Å²) in [5, 5.41) is 16.1. The van der Waals surface area contributed by atoms with Crippen LogP contribution in [0.5, 0.6) is 0 Å². The molecule has 118 valence electrons. The van der Waals surface area contributed by atoms with Gasteiger partial charge in [-0.2, -0.15) is 5.10 Å². The number of rotatable bonds is 4. The van der Waals surface area contributed by atoms with Crippen LogP contribution in [0.15, 0.2) is 54.6 Å². The lowest BCUT2D eigenvalue weighted by atomic mass is 10.1. The number of hydrogen-bond acceptors (Lipinski definition) is 2. The standard InChI is InChI=1S/C18H16Cl2N2O/c1-2-18(23)16-11-17(12-3-5-13(19)6-4-12)22(21-16)15-9-7-14(20)8-10-15/h3-11,18,23H,2H2,1H3. The molecule has 1 atom stereocenters. The van der Waals surface area contributed by atoms with Crippen LogP contribution in [0, 0.1) is 0 Å². The zero-order valence-electron chi connectivity index (χ0n) is 12.6. The highest BCUT2D eigenvalue weighted by Crippen LogP contribution is 2.28. The van der Waals surface area contributed by atoms with Crippen molar-refractivity contribution in [3.63, 3.8) is 0 Å². The van der Waals surface area contributed by atoms with Gasteiger partial charge in [0.25, 0.3) is 0 Å².